The third-order valence-electron chi connectivity index (χ3n) is 2.21. The van der Waals surface area contributed by atoms with Gasteiger partial charge in [0.05, 0.1) is 19.0 Å². The van der Waals surface area contributed by atoms with E-state index >= 15 is 0 Å². The Morgan fingerprint density at radius 1 is 0.640 bits per heavy atom. The van der Waals surface area contributed by atoms with E-state index in [2.05, 4.69) is 34.7 Å². The van der Waals surface area contributed by atoms with Gasteiger partial charge in [0.2, 0.25) is 0 Å². The first-order chi connectivity index (χ1) is 12.0. The highest BCUT2D eigenvalue weighted by Crippen LogP contribution is 1.82. The number of nitrogens with zero attached hydrogens (tertiary/aromatic N) is 6. The molecule has 0 atom stereocenters. The average Bonchev–Trinajstić information content (AvgIpc) is 3.39. The number of hydrogen-bond acceptors (Lipinski definition) is 6. The van der Waals surface area contributed by atoms with Gasteiger partial charge in [-0.25, -0.2) is 15.0 Å². The molecule has 0 radical (unpaired) electrons. The Morgan fingerprint density at radius 3 is 0.960 bits per heavy atom. The van der Waals surface area contributed by atoms with Crippen molar-refractivity contribution in [1.82, 2.24) is 28.7 Å². The molecule has 132 valence electrons. The van der Waals surface area contributed by atoms with Crippen LogP contribution < -0.4 is 0 Å². The molecular formula is C15H21BN6O3. The second kappa shape index (κ2) is 14.4. The Bertz CT molecular complexity index is 573. The highest BCUT2D eigenvalue weighted by atomic mass is 16.5. The van der Waals surface area contributed by atoms with Crippen LogP contribution in [0.3, 0.4) is 0 Å². The van der Waals surface area contributed by atoms with E-state index in [9.17, 15) is 0 Å². The lowest BCUT2D eigenvalue weighted by molar-refractivity contribution is 0.278. The fourth-order valence-corrected chi connectivity index (χ4v) is 1.13. The predicted octanol–water partition coefficient (Wildman–Crippen LogP) is 0.899. The Kier molecular flexibility index (Phi) is 12.5. The molecule has 3 aromatic rings. The van der Waals surface area contributed by atoms with Gasteiger partial charge in [-0.3, -0.25) is 0 Å². The molecule has 0 aliphatic rings. The van der Waals surface area contributed by atoms with Gasteiger partial charge in [-0.1, -0.05) is 19.7 Å². The quantitative estimate of drug-likeness (QED) is 0.608. The summed E-state index contributed by atoms with van der Waals surface area (Å²) in [6.45, 7) is 10.6. The Morgan fingerprint density at radius 2 is 0.880 bits per heavy atom. The molecule has 25 heavy (non-hydrogen) atoms. The van der Waals surface area contributed by atoms with E-state index in [1.54, 1.807) is 69.9 Å². The highest BCUT2D eigenvalue weighted by Gasteiger charge is 1.92. The van der Waals surface area contributed by atoms with Crippen molar-refractivity contribution in [3.63, 3.8) is 0 Å². The van der Waals surface area contributed by atoms with E-state index in [4.69, 9.17) is 15.1 Å². The number of hydrogen-bond donors (Lipinski definition) is 3. The van der Waals surface area contributed by atoms with Crippen LogP contribution in [-0.2, 0) is 0 Å². The van der Waals surface area contributed by atoms with Crippen molar-refractivity contribution < 1.29 is 15.1 Å². The smallest absolute Gasteiger partial charge is 0.402 e. The molecule has 3 N–H and O–H groups in total. The van der Waals surface area contributed by atoms with Crippen molar-refractivity contribution in [1.29, 1.82) is 0 Å². The summed E-state index contributed by atoms with van der Waals surface area (Å²) in [4.78, 5) is 11.4. The summed E-state index contributed by atoms with van der Waals surface area (Å²) in [5, 5.41) is 21.5. The van der Waals surface area contributed by atoms with E-state index in [1.165, 1.54) is 0 Å². The van der Waals surface area contributed by atoms with Crippen LogP contribution in [0.4, 0.5) is 0 Å². The summed E-state index contributed by atoms with van der Waals surface area (Å²) in [6, 6.07) is 0. The lowest BCUT2D eigenvalue weighted by Crippen LogP contribution is -2.07. The summed E-state index contributed by atoms with van der Waals surface area (Å²) in [6.07, 6.45) is 20.7. The fourth-order valence-electron chi connectivity index (χ4n) is 1.13. The molecule has 0 unspecified atom stereocenters. The Labute approximate surface area is 146 Å². The minimum atomic E-state index is -2.17. The summed E-state index contributed by atoms with van der Waals surface area (Å²) in [5.74, 6) is 0. The summed E-state index contributed by atoms with van der Waals surface area (Å²) in [5.41, 5.74) is 0. The van der Waals surface area contributed by atoms with Gasteiger partial charge in [-0.15, -0.1) is 0 Å². The van der Waals surface area contributed by atoms with E-state index in [0.29, 0.717) is 0 Å². The van der Waals surface area contributed by atoms with Crippen molar-refractivity contribution in [2.45, 2.75) is 0 Å². The maximum Gasteiger partial charge on any atom is 0.631 e. The van der Waals surface area contributed by atoms with Crippen molar-refractivity contribution in [2.75, 3.05) is 0 Å². The van der Waals surface area contributed by atoms with Gasteiger partial charge in [-0.05, 0) is 0 Å². The van der Waals surface area contributed by atoms with Crippen molar-refractivity contribution in [3.8, 4) is 0 Å². The first kappa shape index (κ1) is 21.8. The van der Waals surface area contributed by atoms with E-state index in [-0.39, 0.29) is 0 Å². The number of aromatic nitrogens is 6. The third-order valence-corrected chi connectivity index (χ3v) is 2.21. The zero-order valence-corrected chi connectivity index (χ0v) is 13.7. The summed E-state index contributed by atoms with van der Waals surface area (Å²) in [7, 11) is -2.17. The molecule has 10 heteroatoms. The van der Waals surface area contributed by atoms with Crippen molar-refractivity contribution >= 4 is 25.9 Å². The van der Waals surface area contributed by atoms with Crippen LogP contribution in [0, 0.1) is 0 Å². The molecule has 0 saturated carbocycles. The van der Waals surface area contributed by atoms with Crippen LogP contribution in [0.15, 0.2) is 75.9 Å². The maximum absolute atomic E-state index is 7.17. The van der Waals surface area contributed by atoms with Crippen LogP contribution in [0.25, 0.3) is 18.6 Å². The minimum absolute atomic E-state index is 1.69. The van der Waals surface area contributed by atoms with Gasteiger partial charge in [-0.2, -0.15) is 0 Å². The summed E-state index contributed by atoms with van der Waals surface area (Å²) >= 11 is 0. The second-order valence-electron chi connectivity index (χ2n) is 3.92. The van der Waals surface area contributed by atoms with Crippen LogP contribution in [-0.4, -0.2) is 51.0 Å². The van der Waals surface area contributed by atoms with Gasteiger partial charge in [0.15, 0.2) is 0 Å². The average molecular weight is 344 g/mol. The normalized spacial score (nSPS) is 8.28. The topological polar surface area (TPSA) is 114 Å². The van der Waals surface area contributed by atoms with Gasteiger partial charge < -0.3 is 28.8 Å². The minimum Gasteiger partial charge on any atom is -0.402 e. The van der Waals surface area contributed by atoms with Crippen LogP contribution in [0.5, 0.6) is 0 Å². The molecule has 9 nitrogen and oxygen atoms in total. The molecular weight excluding hydrogens is 323 g/mol. The van der Waals surface area contributed by atoms with Crippen molar-refractivity contribution in [3.05, 3.63) is 75.9 Å². The Balaban J connectivity index is 0.000000314. The molecule has 0 saturated heterocycles. The molecule has 3 aromatic heterocycles. The maximum atomic E-state index is 7.17. The first-order valence-corrected chi connectivity index (χ1v) is 6.87. The molecule has 0 fully saturated rings. The van der Waals surface area contributed by atoms with E-state index < -0.39 is 7.32 Å². The third kappa shape index (κ3) is 13.0. The zero-order chi connectivity index (χ0) is 18.9. The van der Waals surface area contributed by atoms with E-state index in [0.717, 1.165) is 0 Å². The Hall–Kier alpha value is -3.21. The van der Waals surface area contributed by atoms with Gasteiger partial charge in [0, 0.05) is 55.8 Å². The van der Waals surface area contributed by atoms with Crippen LogP contribution >= 0.6 is 0 Å². The molecule has 3 rings (SSSR count). The zero-order valence-electron chi connectivity index (χ0n) is 13.7. The largest absolute Gasteiger partial charge is 0.631 e. The molecule has 0 bridgehead atoms. The van der Waals surface area contributed by atoms with Crippen LogP contribution in [0.2, 0.25) is 0 Å². The van der Waals surface area contributed by atoms with Gasteiger partial charge in [0.25, 0.3) is 0 Å². The predicted molar refractivity (Wildman–Crippen MR) is 98.3 cm³/mol. The van der Waals surface area contributed by atoms with E-state index in [1.807, 2.05) is 18.6 Å². The molecule has 0 spiro atoms. The monoisotopic (exact) mass is 344 g/mol. The number of rotatable bonds is 3. The molecule has 0 aliphatic carbocycles. The SMILES string of the molecule is C=Cn1ccnc1.C=Cn1ccnc1.C=Cn1ccnc1.OB(O)O. The molecule has 3 heterocycles. The first-order valence-electron chi connectivity index (χ1n) is 6.87. The lowest BCUT2D eigenvalue weighted by atomic mass is 10.3. The van der Waals surface area contributed by atoms with Gasteiger partial charge in [0.1, 0.15) is 0 Å². The molecule has 0 amide bonds. The van der Waals surface area contributed by atoms with Gasteiger partial charge >= 0.3 is 7.32 Å². The van der Waals surface area contributed by atoms with Crippen LogP contribution in [0.1, 0.15) is 0 Å². The molecule has 0 aromatic carbocycles. The fraction of sp³-hybridized carbons (Fsp3) is 0. The summed E-state index contributed by atoms with van der Waals surface area (Å²) < 4.78 is 5.33. The highest BCUT2D eigenvalue weighted by molar-refractivity contribution is 6.30. The second-order valence-corrected chi connectivity index (χ2v) is 3.92. The van der Waals surface area contributed by atoms with Crippen molar-refractivity contribution in [2.24, 2.45) is 0 Å². The lowest BCUT2D eigenvalue weighted by Gasteiger charge is -1.80. The molecule has 0 aliphatic heterocycles. The number of imidazole rings is 3. The standard InChI is InChI=1S/3C5H6N2.BH3O3/c3*1-2-7-4-3-6-5-7;2-1(3)4/h3*2-5H,1H2;2-4H.